The summed E-state index contributed by atoms with van der Waals surface area (Å²) in [5, 5.41) is 2.86. The molecule has 0 atom stereocenters. The van der Waals surface area contributed by atoms with Crippen LogP contribution in [0.1, 0.15) is 21.5 Å². The Morgan fingerprint density at radius 3 is 2.42 bits per heavy atom. The second kappa shape index (κ2) is 6.55. The smallest absolute Gasteiger partial charge is 0.251 e. The van der Waals surface area contributed by atoms with Crippen molar-refractivity contribution in [3.05, 3.63) is 77.4 Å². The monoisotopic (exact) mass is 251 g/mol. The van der Waals surface area contributed by atoms with Gasteiger partial charge >= 0.3 is 0 Å². The van der Waals surface area contributed by atoms with Gasteiger partial charge in [0.05, 0.1) is 0 Å². The molecule has 2 heteroatoms. The van der Waals surface area contributed by atoms with Gasteiger partial charge in [-0.2, -0.15) is 0 Å². The Hall–Kier alpha value is -2.35. The van der Waals surface area contributed by atoms with Crippen LogP contribution in [0.15, 0.2) is 60.7 Å². The van der Waals surface area contributed by atoms with Gasteiger partial charge < -0.3 is 5.32 Å². The zero-order valence-corrected chi connectivity index (χ0v) is 11.0. The zero-order valence-electron chi connectivity index (χ0n) is 11.0. The highest BCUT2D eigenvalue weighted by Gasteiger charge is 2.02. The Balaban J connectivity index is 1.84. The molecule has 0 heterocycles. The van der Waals surface area contributed by atoms with Gasteiger partial charge in [0.15, 0.2) is 0 Å². The molecule has 1 N–H and O–H groups in total. The van der Waals surface area contributed by atoms with Crippen LogP contribution in [0.3, 0.4) is 0 Å². The maximum atomic E-state index is 11.8. The molecule has 2 aromatic rings. The molecule has 2 rings (SSSR count). The number of hydrogen-bond acceptors (Lipinski definition) is 1. The van der Waals surface area contributed by atoms with Crippen LogP contribution in [-0.2, 0) is 0 Å². The molecule has 0 saturated heterocycles. The van der Waals surface area contributed by atoms with Gasteiger partial charge in [0, 0.05) is 12.1 Å². The first-order valence-electron chi connectivity index (χ1n) is 6.32. The number of aryl methyl sites for hydroxylation is 1. The Bertz CT molecular complexity index is 556. The van der Waals surface area contributed by atoms with Crippen LogP contribution in [0.2, 0.25) is 0 Å². The summed E-state index contributed by atoms with van der Waals surface area (Å²) in [6.45, 7) is 2.53. The molecule has 1 amide bonds. The normalized spacial score (nSPS) is 10.6. The minimum atomic E-state index is -0.0438. The fourth-order valence-electron chi connectivity index (χ4n) is 1.72. The molecule has 0 aliphatic carbocycles. The predicted molar refractivity (Wildman–Crippen MR) is 79.0 cm³/mol. The van der Waals surface area contributed by atoms with Crippen LogP contribution in [0.25, 0.3) is 6.08 Å². The third kappa shape index (κ3) is 4.11. The first-order valence-corrected chi connectivity index (χ1v) is 6.32. The van der Waals surface area contributed by atoms with Gasteiger partial charge in [-0.3, -0.25) is 4.79 Å². The molecule has 0 bridgehead atoms. The Kier molecular flexibility index (Phi) is 4.51. The van der Waals surface area contributed by atoms with E-state index < -0.39 is 0 Å². The Labute approximate surface area is 113 Å². The average molecular weight is 251 g/mol. The number of carbonyl (C=O) groups excluding carboxylic acids is 1. The number of rotatable bonds is 4. The number of benzene rings is 2. The maximum Gasteiger partial charge on any atom is 0.251 e. The molecule has 0 aromatic heterocycles. The van der Waals surface area contributed by atoms with Crippen molar-refractivity contribution in [1.29, 1.82) is 0 Å². The van der Waals surface area contributed by atoms with E-state index in [0.717, 1.165) is 11.1 Å². The van der Waals surface area contributed by atoms with Gasteiger partial charge in [0.25, 0.3) is 5.91 Å². The molecule has 0 aliphatic heterocycles. The molecule has 0 radical (unpaired) electrons. The molecular formula is C17H17NO. The van der Waals surface area contributed by atoms with Crippen molar-refractivity contribution >= 4 is 12.0 Å². The molecule has 0 spiro atoms. The molecule has 0 fully saturated rings. The van der Waals surface area contributed by atoms with E-state index in [0.29, 0.717) is 12.1 Å². The molecule has 0 unspecified atom stereocenters. The van der Waals surface area contributed by atoms with Gasteiger partial charge in [-0.05, 0) is 24.6 Å². The van der Waals surface area contributed by atoms with Gasteiger partial charge in [0.2, 0.25) is 0 Å². The predicted octanol–water partition coefficient (Wildman–Crippen LogP) is 3.44. The van der Waals surface area contributed by atoms with Crippen molar-refractivity contribution in [2.24, 2.45) is 0 Å². The van der Waals surface area contributed by atoms with E-state index in [2.05, 4.69) is 5.32 Å². The summed E-state index contributed by atoms with van der Waals surface area (Å²) in [6.07, 6.45) is 3.94. The minimum absolute atomic E-state index is 0.0438. The summed E-state index contributed by atoms with van der Waals surface area (Å²) in [5.41, 5.74) is 2.98. The van der Waals surface area contributed by atoms with Crippen LogP contribution in [-0.4, -0.2) is 12.5 Å². The summed E-state index contributed by atoms with van der Waals surface area (Å²) in [6, 6.07) is 17.6. The largest absolute Gasteiger partial charge is 0.349 e. The first-order chi connectivity index (χ1) is 9.25. The van der Waals surface area contributed by atoms with Crippen LogP contribution in [0, 0.1) is 6.92 Å². The van der Waals surface area contributed by atoms with Gasteiger partial charge in [-0.25, -0.2) is 0 Å². The van der Waals surface area contributed by atoms with E-state index in [1.54, 1.807) is 0 Å². The lowest BCUT2D eigenvalue weighted by Gasteiger charge is -2.02. The third-order valence-electron chi connectivity index (χ3n) is 2.80. The van der Waals surface area contributed by atoms with Crippen molar-refractivity contribution in [1.82, 2.24) is 5.32 Å². The lowest BCUT2D eigenvalue weighted by Crippen LogP contribution is -2.23. The third-order valence-corrected chi connectivity index (χ3v) is 2.80. The molecular weight excluding hydrogens is 234 g/mol. The lowest BCUT2D eigenvalue weighted by molar-refractivity contribution is 0.0958. The van der Waals surface area contributed by atoms with Crippen LogP contribution in [0.4, 0.5) is 0 Å². The van der Waals surface area contributed by atoms with E-state index >= 15 is 0 Å². The van der Waals surface area contributed by atoms with Crippen molar-refractivity contribution in [2.75, 3.05) is 6.54 Å². The number of hydrogen-bond donors (Lipinski definition) is 1. The van der Waals surface area contributed by atoms with Crippen LogP contribution >= 0.6 is 0 Å². The van der Waals surface area contributed by atoms with E-state index in [4.69, 9.17) is 0 Å². The van der Waals surface area contributed by atoms with E-state index in [9.17, 15) is 4.79 Å². The molecule has 96 valence electrons. The zero-order chi connectivity index (χ0) is 13.5. The van der Waals surface area contributed by atoms with Crippen LogP contribution < -0.4 is 5.32 Å². The fourth-order valence-corrected chi connectivity index (χ4v) is 1.72. The Morgan fingerprint density at radius 1 is 1.05 bits per heavy atom. The molecule has 19 heavy (non-hydrogen) atoms. The highest BCUT2D eigenvalue weighted by molar-refractivity contribution is 5.94. The van der Waals surface area contributed by atoms with Crippen molar-refractivity contribution in [2.45, 2.75) is 6.92 Å². The quantitative estimate of drug-likeness (QED) is 0.886. The van der Waals surface area contributed by atoms with Crippen molar-refractivity contribution in [3.8, 4) is 0 Å². The second-order valence-corrected chi connectivity index (χ2v) is 4.39. The molecule has 0 saturated carbocycles. The number of nitrogens with one attached hydrogen (secondary N) is 1. The number of amides is 1. The highest BCUT2D eigenvalue weighted by atomic mass is 16.1. The number of carbonyl (C=O) groups is 1. The summed E-state index contributed by atoms with van der Waals surface area (Å²) < 4.78 is 0. The van der Waals surface area contributed by atoms with Gasteiger partial charge in [0.1, 0.15) is 0 Å². The molecule has 2 nitrogen and oxygen atoms in total. The average Bonchev–Trinajstić information content (AvgIpc) is 2.45. The summed E-state index contributed by atoms with van der Waals surface area (Å²) in [4.78, 5) is 11.8. The minimum Gasteiger partial charge on any atom is -0.349 e. The standard InChI is InChI=1S/C17H17NO/c1-14-9-11-16(12-10-14)17(19)18-13-5-8-15-6-3-2-4-7-15/h2-12H,13H2,1H3,(H,18,19). The summed E-state index contributed by atoms with van der Waals surface area (Å²) in [7, 11) is 0. The topological polar surface area (TPSA) is 29.1 Å². The van der Waals surface area contributed by atoms with Gasteiger partial charge in [-0.1, -0.05) is 60.2 Å². The van der Waals surface area contributed by atoms with Gasteiger partial charge in [-0.15, -0.1) is 0 Å². The summed E-state index contributed by atoms with van der Waals surface area (Å²) >= 11 is 0. The summed E-state index contributed by atoms with van der Waals surface area (Å²) in [5.74, 6) is -0.0438. The first kappa shape index (κ1) is 13.1. The van der Waals surface area contributed by atoms with E-state index in [1.807, 2.05) is 73.7 Å². The fraction of sp³-hybridized carbons (Fsp3) is 0.118. The second-order valence-electron chi connectivity index (χ2n) is 4.39. The SMILES string of the molecule is Cc1ccc(C(=O)NCC=Cc2ccccc2)cc1. The maximum absolute atomic E-state index is 11.8. The molecule has 0 aliphatic rings. The highest BCUT2D eigenvalue weighted by Crippen LogP contribution is 2.03. The van der Waals surface area contributed by atoms with E-state index in [1.165, 1.54) is 0 Å². The lowest BCUT2D eigenvalue weighted by atomic mass is 10.1. The van der Waals surface area contributed by atoms with E-state index in [-0.39, 0.29) is 5.91 Å². The Morgan fingerprint density at radius 2 is 1.74 bits per heavy atom. The molecule has 2 aromatic carbocycles. The van der Waals surface area contributed by atoms with Crippen LogP contribution in [0.5, 0.6) is 0 Å². The van der Waals surface area contributed by atoms with Crippen molar-refractivity contribution in [3.63, 3.8) is 0 Å². The van der Waals surface area contributed by atoms with Crippen molar-refractivity contribution < 1.29 is 4.79 Å².